The van der Waals surface area contributed by atoms with Crippen molar-refractivity contribution in [2.75, 3.05) is 13.1 Å². The topological polar surface area (TPSA) is 21.3 Å². The minimum Gasteiger partial charge on any atom is -0.372 e. The van der Waals surface area contributed by atoms with E-state index in [1.54, 1.807) is 0 Å². The van der Waals surface area contributed by atoms with Crippen LogP contribution in [0.3, 0.4) is 0 Å². The maximum absolute atomic E-state index is 6.08. The van der Waals surface area contributed by atoms with E-state index in [9.17, 15) is 0 Å². The Morgan fingerprint density at radius 3 is 2.54 bits per heavy atom. The van der Waals surface area contributed by atoms with Crippen LogP contribution in [0.25, 0.3) is 0 Å². The van der Waals surface area contributed by atoms with Gasteiger partial charge in [-0.3, -0.25) is 0 Å². The average Bonchev–Trinajstić information content (AvgIpc) is 2.04. The molecule has 1 unspecified atom stereocenters. The van der Waals surface area contributed by atoms with E-state index in [0.29, 0.717) is 6.10 Å². The lowest BCUT2D eigenvalue weighted by atomic mass is 9.94. The number of nitrogens with one attached hydrogen (secondary N) is 1. The van der Waals surface area contributed by atoms with Crippen molar-refractivity contribution < 1.29 is 4.74 Å². The Bertz CT molecular complexity index is 141. The third-order valence-electron chi connectivity index (χ3n) is 2.84. The van der Waals surface area contributed by atoms with Crippen molar-refractivity contribution in [1.82, 2.24) is 5.32 Å². The average molecular weight is 185 g/mol. The smallest absolute Gasteiger partial charge is 0.0682 e. The maximum Gasteiger partial charge on any atom is 0.0682 e. The number of hydrogen-bond acceptors (Lipinski definition) is 2. The maximum atomic E-state index is 6.08. The Labute approximate surface area is 82.0 Å². The molecule has 0 radical (unpaired) electrons. The van der Waals surface area contributed by atoms with Gasteiger partial charge in [-0.15, -0.1) is 0 Å². The molecule has 1 fully saturated rings. The van der Waals surface area contributed by atoms with Crippen LogP contribution >= 0.6 is 0 Å². The zero-order valence-electron chi connectivity index (χ0n) is 9.23. The number of ether oxygens (including phenoxy) is 1. The molecule has 1 heterocycles. The second-order valence-electron chi connectivity index (χ2n) is 4.42. The molecule has 0 spiro atoms. The van der Waals surface area contributed by atoms with Gasteiger partial charge in [-0.05, 0) is 46.2 Å². The highest BCUT2D eigenvalue weighted by molar-refractivity contribution is 4.82. The Balaban J connectivity index is 2.31. The third-order valence-corrected chi connectivity index (χ3v) is 2.84. The first-order chi connectivity index (χ1) is 6.16. The molecule has 0 aromatic rings. The second-order valence-corrected chi connectivity index (χ2v) is 4.42. The molecule has 0 aromatic heterocycles. The van der Waals surface area contributed by atoms with E-state index in [0.717, 1.165) is 25.9 Å². The number of rotatable bonds is 4. The second kappa shape index (κ2) is 4.97. The van der Waals surface area contributed by atoms with Gasteiger partial charge in [0, 0.05) is 0 Å². The predicted octanol–water partition coefficient (Wildman–Crippen LogP) is 2.33. The van der Waals surface area contributed by atoms with Crippen LogP contribution in [0, 0.1) is 0 Å². The van der Waals surface area contributed by atoms with Crippen molar-refractivity contribution in [2.24, 2.45) is 0 Å². The van der Waals surface area contributed by atoms with Crippen molar-refractivity contribution in [3.63, 3.8) is 0 Å². The third kappa shape index (κ3) is 3.65. The van der Waals surface area contributed by atoms with Crippen molar-refractivity contribution in [1.29, 1.82) is 0 Å². The lowest BCUT2D eigenvalue weighted by molar-refractivity contribution is -0.0937. The van der Waals surface area contributed by atoms with Crippen molar-refractivity contribution in [3.8, 4) is 0 Å². The molecule has 0 bridgehead atoms. The molecule has 78 valence electrons. The Kier molecular flexibility index (Phi) is 4.20. The fourth-order valence-electron chi connectivity index (χ4n) is 2.02. The molecular weight excluding hydrogens is 162 g/mol. The molecule has 0 aliphatic carbocycles. The van der Waals surface area contributed by atoms with E-state index in [1.165, 1.54) is 12.8 Å². The summed E-state index contributed by atoms with van der Waals surface area (Å²) in [5.41, 5.74) is 0.139. The van der Waals surface area contributed by atoms with Gasteiger partial charge in [0.25, 0.3) is 0 Å². The summed E-state index contributed by atoms with van der Waals surface area (Å²) in [5.74, 6) is 0. The van der Waals surface area contributed by atoms with Crippen LogP contribution in [0.5, 0.6) is 0 Å². The summed E-state index contributed by atoms with van der Waals surface area (Å²) in [6.07, 6.45) is 5.13. The van der Waals surface area contributed by atoms with Gasteiger partial charge in [0.2, 0.25) is 0 Å². The van der Waals surface area contributed by atoms with Crippen LogP contribution < -0.4 is 5.32 Å². The van der Waals surface area contributed by atoms with Gasteiger partial charge in [0.15, 0.2) is 0 Å². The molecule has 1 rings (SSSR count). The highest BCUT2D eigenvalue weighted by Gasteiger charge is 2.28. The van der Waals surface area contributed by atoms with E-state index in [4.69, 9.17) is 4.74 Å². The van der Waals surface area contributed by atoms with E-state index in [-0.39, 0.29) is 5.60 Å². The standard InChI is InChI=1S/C11H23NO/c1-4-5-10(2)13-11(3)6-8-12-9-7-11/h10,12H,4-9H2,1-3H3. The van der Waals surface area contributed by atoms with Gasteiger partial charge < -0.3 is 10.1 Å². The van der Waals surface area contributed by atoms with Gasteiger partial charge in [-0.2, -0.15) is 0 Å². The summed E-state index contributed by atoms with van der Waals surface area (Å²) in [7, 11) is 0. The predicted molar refractivity (Wildman–Crippen MR) is 56.0 cm³/mol. The molecule has 2 nitrogen and oxygen atoms in total. The molecule has 1 atom stereocenters. The molecule has 1 N–H and O–H groups in total. The van der Waals surface area contributed by atoms with Gasteiger partial charge in [0.05, 0.1) is 11.7 Å². The summed E-state index contributed by atoms with van der Waals surface area (Å²) < 4.78 is 6.08. The van der Waals surface area contributed by atoms with Crippen LogP contribution in [-0.4, -0.2) is 24.8 Å². The molecule has 1 aliphatic heterocycles. The SMILES string of the molecule is CCCC(C)OC1(C)CCNCC1. The molecule has 13 heavy (non-hydrogen) atoms. The monoisotopic (exact) mass is 185 g/mol. The zero-order valence-corrected chi connectivity index (χ0v) is 9.23. The summed E-state index contributed by atoms with van der Waals surface area (Å²) >= 11 is 0. The minimum absolute atomic E-state index is 0.139. The first-order valence-electron chi connectivity index (χ1n) is 5.55. The number of hydrogen-bond donors (Lipinski definition) is 1. The van der Waals surface area contributed by atoms with Crippen LogP contribution in [0.1, 0.15) is 46.5 Å². The lowest BCUT2D eigenvalue weighted by Crippen LogP contribution is -2.43. The van der Waals surface area contributed by atoms with Crippen LogP contribution in [0.2, 0.25) is 0 Å². The summed E-state index contributed by atoms with van der Waals surface area (Å²) in [4.78, 5) is 0. The molecule has 0 aromatic carbocycles. The first-order valence-corrected chi connectivity index (χ1v) is 5.55. The van der Waals surface area contributed by atoms with Crippen LogP contribution in [-0.2, 0) is 4.74 Å². The van der Waals surface area contributed by atoms with E-state index < -0.39 is 0 Å². The minimum atomic E-state index is 0.139. The summed E-state index contributed by atoms with van der Waals surface area (Å²) in [5, 5.41) is 3.37. The van der Waals surface area contributed by atoms with Crippen molar-refractivity contribution >= 4 is 0 Å². The van der Waals surface area contributed by atoms with E-state index >= 15 is 0 Å². The Morgan fingerprint density at radius 2 is 2.00 bits per heavy atom. The molecule has 0 saturated carbocycles. The Hall–Kier alpha value is -0.0800. The van der Waals surface area contributed by atoms with Gasteiger partial charge >= 0.3 is 0 Å². The van der Waals surface area contributed by atoms with Gasteiger partial charge in [0.1, 0.15) is 0 Å². The Morgan fingerprint density at radius 1 is 1.38 bits per heavy atom. The molecule has 0 amide bonds. The highest BCUT2D eigenvalue weighted by atomic mass is 16.5. The van der Waals surface area contributed by atoms with E-state index in [2.05, 4.69) is 26.1 Å². The molecule has 2 heteroatoms. The summed E-state index contributed by atoms with van der Waals surface area (Å²) in [6.45, 7) is 8.87. The quantitative estimate of drug-likeness (QED) is 0.726. The largest absolute Gasteiger partial charge is 0.372 e. The summed E-state index contributed by atoms with van der Waals surface area (Å²) in [6, 6.07) is 0. The first kappa shape index (κ1) is 11.0. The fourth-order valence-corrected chi connectivity index (χ4v) is 2.02. The molecule has 1 saturated heterocycles. The molecule has 1 aliphatic rings. The normalized spacial score (nSPS) is 24.2. The lowest BCUT2D eigenvalue weighted by Gasteiger charge is -2.36. The fraction of sp³-hybridized carbons (Fsp3) is 1.00. The van der Waals surface area contributed by atoms with Crippen molar-refractivity contribution in [2.45, 2.75) is 58.2 Å². The number of piperidine rings is 1. The van der Waals surface area contributed by atoms with E-state index in [1.807, 2.05) is 0 Å². The molecular formula is C11H23NO. The zero-order chi connectivity index (χ0) is 9.73. The van der Waals surface area contributed by atoms with Gasteiger partial charge in [-0.25, -0.2) is 0 Å². The highest BCUT2D eigenvalue weighted by Crippen LogP contribution is 2.24. The van der Waals surface area contributed by atoms with Crippen molar-refractivity contribution in [3.05, 3.63) is 0 Å². The van der Waals surface area contributed by atoms with Gasteiger partial charge in [-0.1, -0.05) is 13.3 Å². The van der Waals surface area contributed by atoms with Crippen LogP contribution in [0.15, 0.2) is 0 Å². The van der Waals surface area contributed by atoms with Crippen LogP contribution in [0.4, 0.5) is 0 Å².